The second-order valence-electron chi connectivity index (χ2n) is 6.35. The Balaban J connectivity index is 1.73. The van der Waals surface area contributed by atoms with Crippen molar-refractivity contribution < 1.29 is 61.4 Å². The fraction of sp³-hybridized carbons (Fsp3) is 0.545. The molecule has 0 aromatic carbocycles. The van der Waals surface area contributed by atoms with Gasteiger partial charge in [0.25, 0.3) is 0 Å². The van der Waals surface area contributed by atoms with Crippen LogP contribution in [0.2, 0.25) is 0 Å². The molecule has 6 atom stereocenters. The number of rotatable bonds is 9. The van der Waals surface area contributed by atoms with Crippen LogP contribution in [0.3, 0.4) is 0 Å². The zero-order chi connectivity index (χ0) is 24.8. The Bertz CT molecular complexity index is 1170. The third-order valence-corrected chi connectivity index (χ3v) is 8.39. The molecule has 18 nitrogen and oxygen atoms in total. The molecule has 8 N–H and O–H groups in total. The fourth-order valence-corrected chi connectivity index (χ4v) is 6.16. The van der Waals surface area contributed by atoms with Crippen molar-refractivity contribution >= 4 is 52.2 Å². The van der Waals surface area contributed by atoms with E-state index in [4.69, 9.17) is 25.2 Å². The number of phosphoric ester groups is 1. The first-order valence-electron chi connectivity index (χ1n) is 8.46. The van der Waals surface area contributed by atoms with Gasteiger partial charge >= 0.3 is 23.5 Å². The number of nitrogen functional groups attached to an aromatic ring is 1. The largest absolute Gasteiger partial charge is 0.490 e. The number of nitrogens with two attached hydrogens (primary N) is 1. The molecule has 0 saturated carbocycles. The van der Waals surface area contributed by atoms with Gasteiger partial charge in [-0.05, 0) is 6.26 Å². The number of imidazole rings is 1. The molecular weight excluding hydrogens is 535 g/mol. The Kier molecular flexibility index (Phi) is 7.71. The molecule has 2 aromatic heterocycles. The van der Waals surface area contributed by atoms with Crippen molar-refractivity contribution in [3.05, 3.63) is 6.33 Å². The standard InChI is InChI=1S/C11H18N5O13P3S/c1-33-11-14-8(12)5-9(15-11)16(3-13-5)10-7(18)6(17)4(27-10)2-26-31(22,23)29-32(24,25)28-30(19,20)21/h3-4,6-7,10,17-18H,2H2,1H3,(H,22,23)(H,24,25)(H2,12,14,15)(H2,19,20,21)/t4-,6?,7-,10-/m1/s1. The van der Waals surface area contributed by atoms with E-state index < -0.39 is 54.6 Å². The smallest absolute Gasteiger partial charge is 0.387 e. The monoisotopic (exact) mass is 553 g/mol. The van der Waals surface area contributed by atoms with Crippen LogP contribution < -0.4 is 5.73 Å². The van der Waals surface area contributed by atoms with Gasteiger partial charge in [-0.1, -0.05) is 11.8 Å². The Hall–Kier alpha value is -1.01. The molecule has 3 unspecified atom stereocenters. The maximum absolute atomic E-state index is 11.9. The summed E-state index contributed by atoms with van der Waals surface area (Å²) < 4.78 is 52.2. The summed E-state index contributed by atoms with van der Waals surface area (Å²) in [4.78, 5) is 48.0. The van der Waals surface area contributed by atoms with Crippen molar-refractivity contribution in [2.45, 2.75) is 29.7 Å². The highest BCUT2D eigenvalue weighted by Gasteiger charge is 2.47. The first-order chi connectivity index (χ1) is 15.1. The highest BCUT2D eigenvalue weighted by atomic mass is 32.2. The van der Waals surface area contributed by atoms with E-state index in [2.05, 4.69) is 28.1 Å². The number of phosphoric acid groups is 3. The van der Waals surface area contributed by atoms with Gasteiger partial charge in [0.2, 0.25) is 0 Å². The van der Waals surface area contributed by atoms with Crippen molar-refractivity contribution in [1.29, 1.82) is 0 Å². The molecule has 0 amide bonds. The third-order valence-electron chi connectivity index (χ3n) is 4.04. The summed E-state index contributed by atoms with van der Waals surface area (Å²) in [6.07, 6.45) is -3.14. The van der Waals surface area contributed by atoms with Gasteiger partial charge < -0.3 is 40.3 Å². The lowest BCUT2D eigenvalue weighted by Crippen LogP contribution is -2.33. The number of fused-ring (bicyclic) bond motifs is 1. The molecular formula is C11H18N5O13P3S. The molecule has 2 aromatic rings. The summed E-state index contributed by atoms with van der Waals surface area (Å²) in [5.41, 5.74) is 6.18. The number of anilines is 1. The van der Waals surface area contributed by atoms with E-state index in [0.717, 1.165) is 0 Å². The van der Waals surface area contributed by atoms with Gasteiger partial charge in [-0.15, -0.1) is 0 Å². The van der Waals surface area contributed by atoms with Crippen LogP contribution in [0, 0.1) is 0 Å². The van der Waals surface area contributed by atoms with Gasteiger partial charge in [0, 0.05) is 0 Å². The van der Waals surface area contributed by atoms with Crippen molar-refractivity contribution in [2.24, 2.45) is 0 Å². The second kappa shape index (κ2) is 9.56. The molecule has 1 aliphatic rings. The summed E-state index contributed by atoms with van der Waals surface area (Å²) >= 11 is 1.18. The minimum absolute atomic E-state index is 0.0559. The Morgan fingerprint density at radius 2 is 1.79 bits per heavy atom. The lowest BCUT2D eigenvalue weighted by molar-refractivity contribution is -0.0503. The second-order valence-corrected chi connectivity index (χ2v) is 11.5. The summed E-state index contributed by atoms with van der Waals surface area (Å²) in [6.45, 7) is -0.960. The van der Waals surface area contributed by atoms with Crippen LogP contribution in [0.1, 0.15) is 6.23 Å². The number of aliphatic hydroxyl groups excluding tert-OH is 2. The number of nitrogens with zero attached hydrogens (tertiary/aromatic N) is 4. The van der Waals surface area contributed by atoms with Crippen molar-refractivity contribution in [2.75, 3.05) is 18.6 Å². The van der Waals surface area contributed by atoms with E-state index >= 15 is 0 Å². The molecule has 0 spiro atoms. The summed E-state index contributed by atoms with van der Waals surface area (Å²) in [6, 6.07) is 0. The van der Waals surface area contributed by atoms with Crippen LogP contribution in [0.15, 0.2) is 11.5 Å². The number of aromatic nitrogens is 4. The molecule has 0 radical (unpaired) electrons. The van der Waals surface area contributed by atoms with Crippen molar-refractivity contribution in [1.82, 2.24) is 19.5 Å². The molecule has 186 valence electrons. The number of hydrogen-bond donors (Lipinski definition) is 7. The highest BCUT2D eigenvalue weighted by molar-refractivity contribution is 7.98. The van der Waals surface area contributed by atoms with Gasteiger partial charge in [0.15, 0.2) is 22.8 Å². The molecule has 22 heteroatoms. The van der Waals surface area contributed by atoms with E-state index in [9.17, 15) is 28.8 Å². The zero-order valence-electron chi connectivity index (χ0n) is 16.3. The average Bonchev–Trinajstić information content (AvgIpc) is 3.19. The molecule has 1 saturated heterocycles. The van der Waals surface area contributed by atoms with Crippen LogP contribution >= 0.6 is 35.2 Å². The number of ether oxygens (including phenoxy) is 1. The van der Waals surface area contributed by atoms with Crippen LogP contribution in [0.5, 0.6) is 0 Å². The SMILES string of the molecule is CSc1nc(N)c2ncn([C@@H]3O[C@H](COP(=O)(O)OP(=O)(O)OP(=O)(O)O)C(O)[C@H]3O)c2n1. The number of hydrogen-bond acceptors (Lipinski definition) is 14. The fourth-order valence-electron chi connectivity index (χ4n) is 2.76. The average molecular weight is 553 g/mol. The molecule has 3 rings (SSSR count). The molecule has 33 heavy (non-hydrogen) atoms. The van der Waals surface area contributed by atoms with Crippen LogP contribution in [0.4, 0.5) is 5.82 Å². The van der Waals surface area contributed by atoms with E-state index in [-0.39, 0.29) is 17.0 Å². The molecule has 3 heterocycles. The van der Waals surface area contributed by atoms with Gasteiger partial charge in [0.05, 0.1) is 12.9 Å². The molecule has 1 fully saturated rings. The predicted octanol–water partition coefficient (Wildman–Crippen LogP) is -0.907. The molecule has 0 bridgehead atoms. The topological polar surface area (TPSA) is 279 Å². The van der Waals surface area contributed by atoms with Gasteiger partial charge in [0.1, 0.15) is 23.8 Å². The van der Waals surface area contributed by atoms with E-state index in [1.807, 2.05) is 0 Å². The number of thioether (sulfide) groups is 1. The lowest BCUT2D eigenvalue weighted by Gasteiger charge is -2.19. The van der Waals surface area contributed by atoms with E-state index in [0.29, 0.717) is 5.16 Å². The summed E-state index contributed by atoms with van der Waals surface area (Å²) in [7, 11) is -16.7. The summed E-state index contributed by atoms with van der Waals surface area (Å²) in [5, 5.41) is 20.9. The van der Waals surface area contributed by atoms with Gasteiger partial charge in [-0.3, -0.25) is 9.09 Å². The number of aliphatic hydroxyl groups is 2. The van der Waals surface area contributed by atoms with Gasteiger partial charge in [-0.2, -0.15) is 8.62 Å². The van der Waals surface area contributed by atoms with Gasteiger partial charge in [-0.25, -0.2) is 28.6 Å². The highest BCUT2D eigenvalue weighted by Crippen LogP contribution is 2.66. The first-order valence-corrected chi connectivity index (χ1v) is 14.2. The Morgan fingerprint density at radius 1 is 1.12 bits per heavy atom. The Labute approximate surface area is 188 Å². The quantitative estimate of drug-likeness (QED) is 0.112. The first kappa shape index (κ1) is 26.6. The third kappa shape index (κ3) is 6.36. The van der Waals surface area contributed by atoms with Crippen LogP contribution in [-0.2, 0) is 31.6 Å². The zero-order valence-corrected chi connectivity index (χ0v) is 19.8. The molecule has 0 aliphatic carbocycles. The minimum atomic E-state index is -5.71. The van der Waals surface area contributed by atoms with Crippen LogP contribution in [0.25, 0.3) is 11.2 Å². The Morgan fingerprint density at radius 3 is 2.39 bits per heavy atom. The lowest BCUT2D eigenvalue weighted by atomic mass is 10.1. The maximum atomic E-state index is 11.9. The summed E-state index contributed by atoms with van der Waals surface area (Å²) in [5.74, 6) is 0.0559. The van der Waals surface area contributed by atoms with E-state index in [1.54, 1.807) is 6.26 Å². The normalized spacial score (nSPS) is 27.5. The molecule has 1 aliphatic heterocycles. The predicted molar refractivity (Wildman–Crippen MR) is 107 cm³/mol. The van der Waals surface area contributed by atoms with Crippen molar-refractivity contribution in [3.63, 3.8) is 0 Å². The minimum Gasteiger partial charge on any atom is -0.387 e. The van der Waals surface area contributed by atoms with Crippen LogP contribution in [-0.4, -0.2) is 80.5 Å². The van der Waals surface area contributed by atoms with E-state index in [1.165, 1.54) is 22.7 Å². The van der Waals surface area contributed by atoms with Crippen molar-refractivity contribution in [3.8, 4) is 0 Å². The maximum Gasteiger partial charge on any atom is 0.490 e.